The first-order valence-corrected chi connectivity index (χ1v) is 6.31. The Morgan fingerprint density at radius 1 is 1.63 bits per heavy atom. The number of ether oxygens (including phenoxy) is 1. The highest BCUT2D eigenvalue weighted by molar-refractivity contribution is 5.73. The van der Waals surface area contributed by atoms with Gasteiger partial charge in [-0.15, -0.1) is 0 Å². The Balaban J connectivity index is 2.11. The van der Waals surface area contributed by atoms with Crippen molar-refractivity contribution in [3.8, 4) is 11.8 Å². The van der Waals surface area contributed by atoms with Crippen LogP contribution in [0.4, 0.5) is 0 Å². The fourth-order valence-corrected chi connectivity index (χ4v) is 2.07. The molecule has 0 spiro atoms. The second kappa shape index (κ2) is 6.21. The maximum Gasteiger partial charge on any atom is 0.217 e. The third kappa shape index (κ3) is 3.70. The van der Waals surface area contributed by atoms with Crippen LogP contribution in [0.1, 0.15) is 18.1 Å². The van der Waals surface area contributed by atoms with Crippen LogP contribution in [0.3, 0.4) is 0 Å². The highest BCUT2D eigenvalue weighted by Gasteiger charge is 2.13. The molecule has 0 saturated heterocycles. The van der Waals surface area contributed by atoms with Gasteiger partial charge in [0.25, 0.3) is 0 Å². The number of fused-ring (bicyclic) bond motifs is 1. The highest BCUT2D eigenvalue weighted by atomic mass is 16.5. The summed E-state index contributed by atoms with van der Waals surface area (Å²) >= 11 is 0. The molecule has 1 unspecified atom stereocenters. The molecule has 1 aliphatic heterocycles. The second-order valence-corrected chi connectivity index (χ2v) is 4.55. The topological polar surface area (TPSA) is 74.2 Å². The van der Waals surface area contributed by atoms with Crippen LogP contribution in [0.25, 0.3) is 0 Å². The van der Waals surface area contributed by atoms with E-state index in [-0.39, 0.29) is 5.91 Å². The van der Waals surface area contributed by atoms with E-state index in [1.165, 1.54) is 6.92 Å². The number of nitrogens with one attached hydrogen (secondary N) is 2. The van der Waals surface area contributed by atoms with E-state index in [1.807, 2.05) is 18.2 Å². The Morgan fingerprint density at radius 2 is 2.47 bits per heavy atom. The fraction of sp³-hybridized carbons (Fsp3) is 0.429. The molecule has 0 fully saturated rings. The maximum atomic E-state index is 11.0. The fourth-order valence-electron chi connectivity index (χ4n) is 2.07. The van der Waals surface area contributed by atoms with E-state index < -0.39 is 6.04 Å². The summed E-state index contributed by atoms with van der Waals surface area (Å²) < 4.78 is 5.65. The Hall–Kier alpha value is -2.06. The van der Waals surface area contributed by atoms with Crippen LogP contribution >= 0.6 is 0 Å². The summed E-state index contributed by atoms with van der Waals surface area (Å²) in [5, 5.41) is 14.9. The first-order valence-electron chi connectivity index (χ1n) is 6.31. The van der Waals surface area contributed by atoms with E-state index >= 15 is 0 Å². The summed E-state index contributed by atoms with van der Waals surface area (Å²) in [5.41, 5.74) is 2.11. The van der Waals surface area contributed by atoms with Crippen LogP contribution in [0.5, 0.6) is 5.75 Å². The van der Waals surface area contributed by atoms with Crippen LogP contribution in [0.2, 0.25) is 0 Å². The molecule has 1 aromatic rings. The summed E-state index contributed by atoms with van der Waals surface area (Å²) in [6, 6.07) is 7.52. The van der Waals surface area contributed by atoms with Gasteiger partial charge in [0.15, 0.2) is 0 Å². The second-order valence-electron chi connectivity index (χ2n) is 4.55. The van der Waals surface area contributed by atoms with Gasteiger partial charge in [-0.3, -0.25) is 4.79 Å². The van der Waals surface area contributed by atoms with Crippen molar-refractivity contribution in [3.05, 3.63) is 29.3 Å². The molecule has 1 aliphatic rings. The number of nitrogens with zero attached hydrogens (tertiary/aromatic N) is 1. The van der Waals surface area contributed by atoms with Crippen molar-refractivity contribution in [3.63, 3.8) is 0 Å². The first kappa shape index (κ1) is 13.4. The van der Waals surface area contributed by atoms with Gasteiger partial charge in [-0.2, -0.15) is 5.26 Å². The van der Waals surface area contributed by atoms with Crippen LogP contribution in [0.15, 0.2) is 18.2 Å². The van der Waals surface area contributed by atoms with E-state index in [0.29, 0.717) is 13.0 Å². The molecular weight excluding hydrogens is 242 g/mol. The SMILES string of the molecule is CC(=O)NC(C#N)Cc1ccc2c(c1)OCCNC2. The van der Waals surface area contributed by atoms with Gasteiger partial charge < -0.3 is 15.4 Å². The standard InChI is InChI=1S/C14H17N3O2/c1-10(18)17-13(8-15)6-11-2-3-12-9-16-4-5-19-14(12)7-11/h2-3,7,13,16H,4-6,9H2,1H3,(H,17,18). The predicted molar refractivity (Wildman–Crippen MR) is 70.6 cm³/mol. The van der Waals surface area contributed by atoms with Crippen LogP contribution in [-0.4, -0.2) is 25.1 Å². The normalized spacial score (nSPS) is 15.4. The van der Waals surface area contributed by atoms with Crippen molar-refractivity contribution in [2.75, 3.05) is 13.2 Å². The van der Waals surface area contributed by atoms with E-state index in [1.54, 1.807) is 0 Å². The predicted octanol–water partition coefficient (Wildman–Crippen LogP) is 0.739. The minimum atomic E-state index is -0.501. The van der Waals surface area contributed by atoms with Crippen LogP contribution in [0, 0.1) is 11.3 Å². The molecule has 0 saturated carbocycles. The molecule has 0 aliphatic carbocycles. The minimum absolute atomic E-state index is 0.193. The lowest BCUT2D eigenvalue weighted by Gasteiger charge is -2.12. The Bertz CT molecular complexity index is 508. The zero-order valence-electron chi connectivity index (χ0n) is 10.9. The number of nitriles is 1. The Kier molecular flexibility index (Phi) is 4.37. The summed E-state index contributed by atoms with van der Waals surface area (Å²) in [6.45, 7) is 3.68. The van der Waals surface area contributed by atoms with Crippen molar-refractivity contribution in [1.29, 1.82) is 5.26 Å². The molecule has 2 rings (SSSR count). The van der Waals surface area contributed by atoms with Crippen LogP contribution < -0.4 is 15.4 Å². The molecule has 100 valence electrons. The third-order valence-electron chi connectivity index (χ3n) is 2.96. The van der Waals surface area contributed by atoms with Gasteiger partial charge in [0.05, 0.1) is 6.07 Å². The third-order valence-corrected chi connectivity index (χ3v) is 2.96. The summed E-state index contributed by atoms with van der Waals surface area (Å²) in [6.07, 6.45) is 0.486. The molecule has 5 nitrogen and oxygen atoms in total. The monoisotopic (exact) mass is 259 g/mol. The van der Waals surface area contributed by atoms with Crippen molar-refractivity contribution in [2.45, 2.75) is 25.9 Å². The van der Waals surface area contributed by atoms with Gasteiger partial charge in [0, 0.05) is 32.0 Å². The summed E-state index contributed by atoms with van der Waals surface area (Å²) in [7, 11) is 0. The molecule has 1 aromatic carbocycles. The van der Waals surface area contributed by atoms with Gasteiger partial charge in [-0.25, -0.2) is 0 Å². The number of hydrogen-bond donors (Lipinski definition) is 2. The smallest absolute Gasteiger partial charge is 0.217 e. The van der Waals surface area contributed by atoms with Crippen molar-refractivity contribution in [1.82, 2.24) is 10.6 Å². The number of benzene rings is 1. The quantitative estimate of drug-likeness (QED) is 0.839. The molecule has 5 heteroatoms. The zero-order valence-corrected chi connectivity index (χ0v) is 10.9. The molecule has 1 amide bonds. The molecular formula is C14H17N3O2. The van der Waals surface area contributed by atoms with Gasteiger partial charge in [-0.05, 0) is 11.6 Å². The molecule has 1 atom stereocenters. The average Bonchev–Trinajstić information content (AvgIpc) is 2.62. The lowest BCUT2D eigenvalue weighted by Crippen LogP contribution is -2.33. The number of carbonyl (C=O) groups excluding carboxylic acids is 1. The number of rotatable bonds is 3. The number of carbonyl (C=O) groups is 1. The zero-order chi connectivity index (χ0) is 13.7. The summed E-state index contributed by atoms with van der Waals surface area (Å²) in [4.78, 5) is 11.0. The highest BCUT2D eigenvalue weighted by Crippen LogP contribution is 2.22. The Morgan fingerprint density at radius 3 is 3.21 bits per heavy atom. The molecule has 2 N–H and O–H groups in total. The summed E-state index contributed by atoms with van der Waals surface area (Å²) in [5.74, 6) is 0.670. The van der Waals surface area contributed by atoms with E-state index in [4.69, 9.17) is 10.00 Å². The largest absolute Gasteiger partial charge is 0.492 e. The lowest BCUT2D eigenvalue weighted by atomic mass is 10.0. The molecule has 19 heavy (non-hydrogen) atoms. The van der Waals surface area contributed by atoms with Crippen molar-refractivity contribution < 1.29 is 9.53 Å². The average molecular weight is 259 g/mol. The number of hydrogen-bond acceptors (Lipinski definition) is 4. The molecule has 0 bridgehead atoms. The van der Waals surface area contributed by atoms with Crippen molar-refractivity contribution >= 4 is 5.91 Å². The van der Waals surface area contributed by atoms with E-state index in [9.17, 15) is 4.79 Å². The minimum Gasteiger partial charge on any atom is -0.492 e. The van der Waals surface area contributed by atoms with E-state index in [0.717, 1.165) is 30.0 Å². The van der Waals surface area contributed by atoms with Crippen LogP contribution in [-0.2, 0) is 17.8 Å². The van der Waals surface area contributed by atoms with E-state index in [2.05, 4.69) is 16.7 Å². The lowest BCUT2D eigenvalue weighted by molar-refractivity contribution is -0.119. The van der Waals surface area contributed by atoms with Gasteiger partial charge in [-0.1, -0.05) is 12.1 Å². The van der Waals surface area contributed by atoms with Gasteiger partial charge in [0.1, 0.15) is 18.4 Å². The molecule has 0 radical (unpaired) electrons. The number of amides is 1. The van der Waals surface area contributed by atoms with Gasteiger partial charge in [0.2, 0.25) is 5.91 Å². The molecule has 1 heterocycles. The first-order chi connectivity index (χ1) is 9.19. The Labute approximate surface area is 112 Å². The maximum absolute atomic E-state index is 11.0. The molecule has 0 aromatic heterocycles. The van der Waals surface area contributed by atoms with Gasteiger partial charge >= 0.3 is 0 Å². The van der Waals surface area contributed by atoms with Crippen molar-refractivity contribution in [2.24, 2.45) is 0 Å².